The van der Waals surface area contributed by atoms with Crippen LogP contribution < -0.4 is 0 Å². The number of thiazole rings is 1. The van der Waals surface area contributed by atoms with Gasteiger partial charge in [0.25, 0.3) is 5.91 Å². The van der Waals surface area contributed by atoms with Gasteiger partial charge in [0.1, 0.15) is 0 Å². The Balaban J connectivity index is 1.39. The molecule has 2 heterocycles. The van der Waals surface area contributed by atoms with Gasteiger partial charge in [0.05, 0.1) is 33.3 Å². The van der Waals surface area contributed by atoms with Gasteiger partial charge in [0.2, 0.25) is 10.0 Å². The van der Waals surface area contributed by atoms with E-state index in [1.807, 2.05) is 23.1 Å². The van der Waals surface area contributed by atoms with Crippen LogP contribution in [0.3, 0.4) is 0 Å². The number of carbonyl (C=O) groups is 1. The Morgan fingerprint density at radius 2 is 1.66 bits per heavy atom. The van der Waals surface area contributed by atoms with E-state index < -0.39 is 10.0 Å². The third-order valence-corrected chi connectivity index (χ3v) is 9.38. The molecule has 0 atom stereocenters. The zero-order valence-corrected chi connectivity index (χ0v) is 21.7. The van der Waals surface area contributed by atoms with Crippen molar-refractivity contribution in [1.82, 2.24) is 14.2 Å². The number of benzene rings is 2. The lowest BCUT2D eigenvalue weighted by Crippen LogP contribution is -2.38. The first-order chi connectivity index (χ1) is 16.9. The molecule has 1 saturated heterocycles. The van der Waals surface area contributed by atoms with Crippen molar-refractivity contribution in [2.75, 3.05) is 53.6 Å². The van der Waals surface area contributed by atoms with Crippen molar-refractivity contribution in [2.24, 2.45) is 0 Å². The standard InChI is InChI=1S/C25H31N3O5S2/c1-32-17-15-28(16-18-33-2)35(30,31)21-9-7-20(8-10-21)25(29)27-13-11-19(12-14-27)24-26-22-5-3-4-6-23(22)34-24/h3-10,19H,11-18H2,1-2H3. The molecule has 1 aliphatic heterocycles. The Morgan fingerprint density at radius 1 is 1.03 bits per heavy atom. The van der Waals surface area contributed by atoms with Crippen molar-refractivity contribution in [3.63, 3.8) is 0 Å². The molecule has 4 rings (SSSR count). The van der Waals surface area contributed by atoms with Crippen LogP contribution in [-0.2, 0) is 19.5 Å². The fourth-order valence-electron chi connectivity index (χ4n) is 4.23. The number of fused-ring (bicyclic) bond motifs is 1. The van der Waals surface area contributed by atoms with Gasteiger partial charge in [-0.3, -0.25) is 4.79 Å². The molecule has 0 aliphatic carbocycles. The van der Waals surface area contributed by atoms with Gasteiger partial charge in [0.15, 0.2) is 0 Å². The zero-order chi connectivity index (χ0) is 24.8. The van der Waals surface area contributed by atoms with E-state index in [0.717, 1.165) is 23.4 Å². The maximum atomic E-state index is 13.1. The SMILES string of the molecule is COCCN(CCOC)S(=O)(=O)c1ccc(C(=O)N2CCC(c3nc4ccccc4s3)CC2)cc1. The molecular weight excluding hydrogens is 486 g/mol. The number of aromatic nitrogens is 1. The van der Waals surface area contributed by atoms with Gasteiger partial charge in [-0.05, 0) is 49.2 Å². The number of hydrogen-bond donors (Lipinski definition) is 0. The molecule has 0 unspecified atom stereocenters. The Hall–Kier alpha value is -2.37. The molecule has 0 N–H and O–H groups in total. The van der Waals surface area contributed by atoms with Crippen LogP contribution in [0.1, 0.15) is 34.1 Å². The number of piperidine rings is 1. The van der Waals surface area contributed by atoms with Gasteiger partial charge < -0.3 is 14.4 Å². The van der Waals surface area contributed by atoms with Crippen molar-refractivity contribution in [1.29, 1.82) is 0 Å². The Kier molecular flexibility index (Phi) is 8.51. The predicted molar refractivity (Wildman–Crippen MR) is 136 cm³/mol. The van der Waals surface area contributed by atoms with Crippen LogP contribution in [0.5, 0.6) is 0 Å². The zero-order valence-electron chi connectivity index (χ0n) is 20.1. The Bertz CT molecular complexity index is 1190. The van der Waals surface area contributed by atoms with E-state index in [9.17, 15) is 13.2 Å². The van der Waals surface area contributed by atoms with E-state index in [4.69, 9.17) is 14.5 Å². The summed E-state index contributed by atoms with van der Waals surface area (Å²) < 4.78 is 38.8. The van der Waals surface area contributed by atoms with Gasteiger partial charge in [0, 0.05) is 51.9 Å². The molecule has 0 spiro atoms. The Morgan fingerprint density at radius 3 is 2.26 bits per heavy atom. The van der Waals surface area contributed by atoms with Crippen LogP contribution in [0.15, 0.2) is 53.4 Å². The summed E-state index contributed by atoms with van der Waals surface area (Å²) in [6, 6.07) is 14.4. The van der Waals surface area contributed by atoms with Gasteiger partial charge in [-0.1, -0.05) is 12.1 Å². The minimum absolute atomic E-state index is 0.0766. The van der Waals surface area contributed by atoms with Crippen LogP contribution in [0, 0.1) is 0 Å². The lowest BCUT2D eigenvalue weighted by atomic mass is 9.97. The topological polar surface area (TPSA) is 89.0 Å². The normalized spacial score (nSPS) is 15.2. The summed E-state index contributed by atoms with van der Waals surface area (Å²) in [5.41, 5.74) is 1.52. The molecule has 35 heavy (non-hydrogen) atoms. The second kappa shape index (κ2) is 11.6. The number of amides is 1. The molecular formula is C25H31N3O5S2. The summed E-state index contributed by atoms with van der Waals surface area (Å²) in [6.07, 6.45) is 1.73. The third kappa shape index (κ3) is 5.90. The highest BCUT2D eigenvalue weighted by atomic mass is 32.2. The summed E-state index contributed by atoms with van der Waals surface area (Å²) in [6.45, 7) is 2.33. The Labute approximate surface area is 210 Å². The lowest BCUT2D eigenvalue weighted by Gasteiger charge is -2.31. The predicted octanol–water partition coefficient (Wildman–Crippen LogP) is 3.60. The highest BCUT2D eigenvalue weighted by molar-refractivity contribution is 7.89. The van der Waals surface area contributed by atoms with E-state index >= 15 is 0 Å². The minimum Gasteiger partial charge on any atom is -0.383 e. The molecule has 0 radical (unpaired) electrons. The molecule has 1 aliphatic rings. The fourth-order valence-corrected chi connectivity index (χ4v) is 6.78. The lowest BCUT2D eigenvalue weighted by molar-refractivity contribution is 0.0713. The summed E-state index contributed by atoms with van der Waals surface area (Å²) in [5.74, 6) is 0.279. The second-order valence-corrected chi connectivity index (χ2v) is 11.5. The highest BCUT2D eigenvalue weighted by Crippen LogP contribution is 2.34. The maximum absolute atomic E-state index is 13.1. The highest BCUT2D eigenvalue weighted by Gasteiger charge is 2.28. The van der Waals surface area contributed by atoms with Gasteiger partial charge in [-0.15, -0.1) is 11.3 Å². The maximum Gasteiger partial charge on any atom is 0.253 e. The van der Waals surface area contributed by atoms with E-state index in [1.54, 1.807) is 23.5 Å². The van der Waals surface area contributed by atoms with E-state index in [1.165, 1.54) is 35.4 Å². The van der Waals surface area contributed by atoms with Crippen LogP contribution in [0.25, 0.3) is 10.2 Å². The molecule has 0 bridgehead atoms. The van der Waals surface area contributed by atoms with Gasteiger partial charge >= 0.3 is 0 Å². The summed E-state index contributed by atoms with van der Waals surface area (Å²) in [5, 5.41) is 1.14. The minimum atomic E-state index is -3.72. The summed E-state index contributed by atoms with van der Waals surface area (Å²) in [7, 11) is -0.657. The average molecular weight is 518 g/mol. The van der Waals surface area contributed by atoms with Crippen LogP contribution in [-0.4, -0.2) is 82.1 Å². The van der Waals surface area contributed by atoms with E-state index in [0.29, 0.717) is 24.6 Å². The second-order valence-electron chi connectivity index (χ2n) is 8.50. The first kappa shape index (κ1) is 25.7. The van der Waals surface area contributed by atoms with Crippen molar-refractivity contribution in [2.45, 2.75) is 23.7 Å². The molecule has 8 nitrogen and oxygen atoms in total. The molecule has 0 saturated carbocycles. The molecule has 1 amide bonds. The molecule has 10 heteroatoms. The number of ether oxygens (including phenoxy) is 2. The van der Waals surface area contributed by atoms with Crippen LogP contribution in [0.4, 0.5) is 0 Å². The molecule has 188 valence electrons. The molecule has 1 aromatic heterocycles. The molecule has 3 aromatic rings. The monoisotopic (exact) mass is 517 g/mol. The number of methoxy groups -OCH3 is 2. The number of para-hydroxylation sites is 1. The fraction of sp³-hybridized carbons (Fsp3) is 0.440. The van der Waals surface area contributed by atoms with Gasteiger partial charge in [-0.25, -0.2) is 13.4 Å². The van der Waals surface area contributed by atoms with Crippen molar-refractivity contribution in [3.05, 3.63) is 59.1 Å². The number of likely N-dealkylation sites (tertiary alicyclic amines) is 1. The molecule has 1 fully saturated rings. The summed E-state index contributed by atoms with van der Waals surface area (Å²) in [4.78, 5) is 19.9. The number of hydrogen-bond acceptors (Lipinski definition) is 7. The average Bonchev–Trinajstić information content (AvgIpc) is 3.33. The summed E-state index contributed by atoms with van der Waals surface area (Å²) >= 11 is 1.73. The van der Waals surface area contributed by atoms with Crippen molar-refractivity contribution in [3.8, 4) is 0 Å². The van der Waals surface area contributed by atoms with Crippen molar-refractivity contribution >= 4 is 37.5 Å². The number of rotatable bonds is 10. The van der Waals surface area contributed by atoms with Crippen LogP contribution >= 0.6 is 11.3 Å². The van der Waals surface area contributed by atoms with E-state index in [2.05, 4.69) is 6.07 Å². The van der Waals surface area contributed by atoms with Gasteiger partial charge in [-0.2, -0.15) is 4.31 Å². The number of carbonyl (C=O) groups excluding carboxylic acids is 1. The first-order valence-electron chi connectivity index (χ1n) is 11.7. The molecule has 2 aromatic carbocycles. The number of nitrogens with zero attached hydrogens (tertiary/aromatic N) is 3. The first-order valence-corrected chi connectivity index (χ1v) is 13.9. The third-order valence-electron chi connectivity index (χ3n) is 6.27. The quantitative estimate of drug-likeness (QED) is 0.408. The number of sulfonamides is 1. The largest absolute Gasteiger partial charge is 0.383 e. The van der Waals surface area contributed by atoms with Crippen molar-refractivity contribution < 1.29 is 22.7 Å². The van der Waals surface area contributed by atoms with E-state index in [-0.39, 0.29) is 37.1 Å². The van der Waals surface area contributed by atoms with Crippen LogP contribution in [0.2, 0.25) is 0 Å². The smallest absolute Gasteiger partial charge is 0.253 e.